The third kappa shape index (κ3) is 3.22. The summed E-state index contributed by atoms with van der Waals surface area (Å²) in [6.45, 7) is 0. The Labute approximate surface area is 147 Å². The number of hydrogen-bond donors (Lipinski definition) is 2. The average Bonchev–Trinajstić information content (AvgIpc) is 2.99. The van der Waals surface area contributed by atoms with Gasteiger partial charge in [0.15, 0.2) is 0 Å². The number of esters is 1. The molecule has 7 heteroatoms. The molecule has 0 radical (unpaired) electrons. The lowest BCUT2D eigenvalue weighted by atomic mass is 10.2. The molecule has 3 aromatic rings. The first-order chi connectivity index (χ1) is 11.5. The van der Waals surface area contributed by atoms with Gasteiger partial charge < -0.3 is 15.0 Å². The van der Waals surface area contributed by atoms with Gasteiger partial charge in [0, 0.05) is 21.6 Å². The lowest BCUT2D eigenvalue weighted by Gasteiger charge is -2.07. The van der Waals surface area contributed by atoms with Crippen LogP contribution in [0.15, 0.2) is 42.5 Å². The molecule has 0 aliphatic rings. The third-order valence-electron chi connectivity index (χ3n) is 3.46. The quantitative estimate of drug-likeness (QED) is 0.673. The zero-order valence-corrected chi connectivity index (χ0v) is 14.0. The van der Waals surface area contributed by atoms with Gasteiger partial charge in [0.2, 0.25) is 0 Å². The fourth-order valence-corrected chi connectivity index (χ4v) is 2.67. The van der Waals surface area contributed by atoms with Gasteiger partial charge in [0.05, 0.1) is 17.7 Å². The monoisotopic (exact) mass is 362 g/mol. The predicted molar refractivity (Wildman–Crippen MR) is 94.1 cm³/mol. The molecule has 24 heavy (non-hydrogen) atoms. The van der Waals surface area contributed by atoms with Crippen molar-refractivity contribution in [1.29, 1.82) is 0 Å². The maximum atomic E-state index is 12.4. The number of H-pyrrole nitrogens is 1. The SMILES string of the molecule is COC(=O)c1cc(NC(=O)c2cc3cc(Cl)ccc3[nH]2)ccc1Cl. The molecule has 0 atom stereocenters. The van der Waals surface area contributed by atoms with E-state index in [4.69, 9.17) is 23.2 Å². The highest BCUT2D eigenvalue weighted by atomic mass is 35.5. The van der Waals surface area contributed by atoms with Crippen molar-refractivity contribution >= 4 is 51.7 Å². The van der Waals surface area contributed by atoms with Gasteiger partial charge in [-0.3, -0.25) is 4.79 Å². The number of hydrogen-bond acceptors (Lipinski definition) is 3. The Morgan fingerprint density at radius 2 is 1.88 bits per heavy atom. The molecular weight excluding hydrogens is 351 g/mol. The highest BCUT2D eigenvalue weighted by Crippen LogP contribution is 2.23. The molecule has 0 saturated heterocycles. The Balaban J connectivity index is 1.87. The van der Waals surface area contributed by atoms with E-state index in [1.807, 2.05) is 0 Å². The smallest absolute Gasteiger partial charge is 0.339 e. The van der Waals surface area contributed by atoms with Crippen molar-refractivity contribution in [2.45, 2.75) is 0 Å². The minimum Gasteiger partial charge on any atom is -0.465 e. The van der Waals surface area contributed by atoms with Crippen molar-refractivity contribution in [3.63, 3.8) is 0 Å². The number of aromatic nitrogens is 1. The zero-order valence-electron chi connectivity index (χ0n) is 12.5. The summed E-state index contributed by atoms with van der Waals surface area (Å²) >= 11 is 11.9. The molecule has 0 bridgehead atoms. The van der Waals surface area contributed by atoms with Crippen molar-refractivity contribution in [3.05, 3.63) is 63.8 Å². The second kappa shape index (κ2) is 6.55. The largest absolute Gasteiger partial charge is 0.465 e. The Kier molecular flexibility index (Phi) is 4.46. The molecule has 3 rings (SSSR count). The van der Waals surface area contributed by atoms with E-state index in [1.54, 1.807) is 30.3 Å². The summed E-state index contributed by atoms with van der Waals surface area (Å²) in [5.41, 5.74) is 1.79. The summed E-state index contributed by atoms with van der Waals surface area (Å²) in [5.74, 6) is -0.920. The van der Waals surface area contributed by atoms with Gasteiger partial charge in [-0.05, 0) is 42.5 Å². The standard InChI is InChI=1S/C17H12Cl2N2O3/c1-24-17(23)12-8-11(3-4-13(12)19)20-16(22)15-7-9-6-10(18)2-5-14(9)21-15/h2-8,21H,1H3,(H,20,22). The number of anilines is 1. The summed E-state index contributed by atoms with van der Waals surface area (Å²) < 4.78 is 4.66. The van der Waals surface area contributed by atoms with Crippen LogP contribution in [0, 0.1) is 0 Å². The van der Waals surface area contributed by atoms with E-state index in [0.29, 0.717) is 16.4 Å². The summed E-state index contributed by atoms with van der Waals surface area (Å²) in [6, 6.07) is 11.6. The summed E-state index contributed by atoms with van der Waals surface area (Å²) in [7, 11) is 1.26. The lowest BCUT2D eigenvalue weighted by Crippen LogP contribution is -2.13. The number of benzene rings is 2. The first-order valence-corrected chi connectivity index (χ1v) is 7.71. The van der Waals surface area contributed by atoms with Gasteiger partial charge >= 0.3 is 5.97 Å². The van der Waals surface area contributed by atoms with Gasteiger partial charge in [-0.25, -0.2) is 4.79 Å². The first kappa shape index (κ1) is 16.4. The van der Waals surface area contributed by atoms with Crippen LogP contribution in [-0.4, -0.2) is 24.0 Å². The Morgan fingerprint density at radius 3 is 2.62 bits per heavy atom. The highest BCUT2D eigenvalue weighted by Gasteiger charge is 2.14. The molecule has 2 N–H and O–H groups in total. The Morgan fingerprint density at radius 1 is 1.08 bits per heavy atom. The van der Waals surface area contributed by atoms with E-state index in [0.717, 1.165) is 10.9 Å². The van der Waals surface area contributed by atoms with Gasteiger partial charge in [0.25, 0.3) is 5.91 Å². The van der Waals surface area contributed by atoms with E-state index >= 15 is 0 Å². The van der Waals surface area contributed by atoms with Crippen molar-refractivity contribution in [2.75, 3.05) is 12.4 Å². The summed E-state index contributed by atoms with van der Waals surface area (Å²) in [5, 5.41) is 4.38. The van der Waals surface area contributed by atoms with Crippen LogP contribution in [0.5, 0.6) is 0 Å². The number of aromatic amines is 1. The molecule has 0 fully saturated rings. The number of halogens is 2. The molecule has 2 aromatic carbocycles. The molecule has 0 spiro atoms. The van der Waals surface area contributed by atoms with Crippen LogP contribution in [0.4, 0.5) is 5.69 Å². The molecule has 5 nitrogen and oxygen atoms in total. The number of amides is 1. The number of carbonyl (C=O) groups excluding carboxylic acids is 2. The van der Waals surface area contributed by atoms with Crippen LogP contribution >= 0.6 is 23.2 Å². The van der Waals surface area contributed by atoms with Crippen LogP contribution in [-0.2, 0) is 4.74 Å². The van der Waals surface area contributed by atoms with Crippen LogP contribution in [0.1, 0.15) is 20.8 Å². The topological polar surface area (TPSA) is 71.2 Å². The van der Waals surface area contributed by atoms with Gasteiger partial charge in [-0.15, -0.1) is 0 Å². The second-order valence-electron chi connectivity index (χ2n) is 5.05. The summed E-state index contributed by atoms with van der Waals surface area (Å²) in [4.78, 5) is 27.0. The fourth-order valence-electron chi connectivity index (χ4n) is 2.29. The number of rotatable bonds is 3. The van der Waals surface area contributed by atoms with Crippen molar-refractivity contribution < 1.29 is 14.3 Å². The Bertz CT molecular complexity index is 950. The van der Waals surface area contributed by atoms with Crippen molar-refractivity contribution in [1.82, 2.24) is 4.98 Å². The van der Waals surface area contributed by atoms with E-state index in [1.165, 1.54) is 19.2 Å². The molecule has 0 unspecified atom stereocenters. The molecule has 0 aliphatic carbocycles. The fraction of sp³-hybridized carbons (Fsp3) is 0.0588. The predicted octanol–water partition coefficient (Wildman–Crippen LogP) is 4.51. The molecule has 0 saturated carbocycles. The van der Waals surface area contributed by atoms with Gasteiger partial charge in [-0.1, -0.05) is 23.2 Å². The van der Waals surface area contributed by atoms with Crippen molar-refractivity contribution in [2.24, 2.45) is 0 Å². The van der Waals surface area contributed by atoms with Crippen LogP contribution in [0.2, 0.25) is 10.0 Å². The zero-order chi connectivity index (χ0) is 17.3. The number of carbonyl (C=O) groups is 2. The van der Waals surface area contributed by atoms with E-state index in [9.17, 15) is 9.59 Å². The van der Waals surface area contributed by atoms with Crippen molar-refractivity contribution in [3.8, 4) is 0 Å². The third-order valence-corrected chi connectivity index (χ3v) is 4.02. The normalized spacial score (nSPS) is 10.6. The average molecular weight is 363 g/mol. The van der Waals surface area contributed by atoms with Crippen LogP contribution in [0.3, 0.4) is 0 Å². The van der Waals surface area contributed by atoms with Gasteiger partial charge in [0.1, 0.15) is 5.69 Å². The summed E-state index contributed by atoms with van der Waals surface area (Å²) in [6.07, 6.45) is 0. The molecule has 1 heterocycles. The second-order valence-corrected chi connectivity index (χ2v) is 5.90. The van der Waals surface area contributed by atoms with Gasteiger partial charge in [-0.2, -0.15) is 0 Å². The number of ether oxygens (including phenoxy) is 1. The molecule has 1 amide bonds. The molecular formula is C17H12Cl2N2O3. The van der Waals surface area contributed by atoms with Crippen LogP contribution < -0.4 is 5.32 Å². The number of fused-ring (bicyclic) bond motifs is 1. The molecule has 1 aromatic heterocycles. The highest BCUT2D eigenvalue weighted by molar-refractivity contribution is 6.33. The molecule has 0 aliphatic heterocycles. The van der Waals surface area contributed by atoms with E-state index in [2.05, 4.69) is 15.0 Å². The van der Waals surface area contributed by atoms with E-state index < -0.39 is 5.97 Å². The number of nitrogens with one attached hydrogen (secondary N) is 2. The minimum absolute atomic E-state index is 0.181. The molecule has 122 valence electrons. The number of methoxy groups -OCH3 is 1. The Hall–Kier alpha value is -2.50. The van der Waals surface area contributed by atoms with E-state index in [-0.39, 0.29) is 16.5 Å². The minimum atomic E-state index is -0.573. The maximum absolute atomic E-state index is 12.4. The first-order valence-electron chi connectivity index (χ1n) is 6.95. The lowest BCUT2D eigenvalue weighted by molar-refractivity contribution is 0.0600. The van der Waals surface area contributed by atoms with Crippen LogP contribution in [0.25, 0.3) is 10.9 Å². The maximum Gasteiger partial charge on any atom is 0.339 e.